The molecule has 0 radical (unpaired) electrons. The van der Waals surface area contributed by atoms with E-state index in [0.717, 1.165) is 29.8 Å². The van der Waals surface area contributed by atoms with Crippen LogP contribution in [0.15, 0.2) is 0 Å². The van der Waals surface area contributed by atoms with Crippen molar-refractivity contribution >= 4 is 15.9 Å². The van der Waals surface area contributed by atoms with Crippen molar-refractivity contribution in [3.63, 3.8) is 0 Å². The van der Waals surface area contributed by atoms with E-state index in [-0.39, 0.29) is 24.5 Å². The Morgan fingerprint density at radius 2 is 2.11 bits per heavy atom. The van der Waals surface area contributed by atoms with Crippen molar-refractivity contribution in [1.82, 2.24) is 9.21 Å². The summed E-state index contributed by atoms with van der Waals surface area (Å²) in [6.07, 6.45) is 4.01. The van der Waals surface area contributed by atoms with Crippen LogP contribution in [0.3, 0.4) is 0 Å². The van der Waals surface area contributed by atoms with Gasteiger partial charge in [0.2, 0.25) is 15.9 Å². The third kappa shape index (κ3) is 3.93. The molecule has 2 atom stereocenters. The van der Waals surface area contributed by atoms with Crippen LogP contribution in [0.4, 0.5) is 0 Å². The van der Waals surface area contributed by atoms with E-state index >= 15 is 0 Å². The maximum absolute atomic E-state index is 12.1. The summed E-state index contributed by atoms with van der Waals surface area (Å²) in [7, 11) is -1.90. The molecule has 0 aromatic heterocycles. The van der Waals surface area contributed by atoms with Gasteiger partial charge in [0.05, 0.1) is 12.8 Å². The van der Waals surface area contributed by atoms with Gasteiger partial charge in [-0.25, -0.2) is 8.42 Å². The molecule has 2 N–H and O–H groups in total. The van der Waals surface area contributed by atoms with Crippen LogP contribution in [-0.2, 0) is 14.8 Å². The summed E-state index contributed by atoms with van der Waals surface area (Å²) in [6.45, 7) is 2.45. The van der Waals surface area contributed by atoms with Gasteiger partial charge in [0.1, 0.15) is 0 Å². The number of amides is 1. The van der Waals surface area contributed by atoms with E-state index < -0.39 is 10.0 Å². The third-order valence-corrected chi connectivity index (χ3v) is 4.66. The summed E-state index contributed by atoms with van der Waals surface area (Å²) in [5.41, 5.74) is 5.89. The number of hydrogen-bond donors (Lipinski definition) is 1. The average Bonchev–Trinajstić information content (AvgIpc) is 2.27. The van der Waals surface area contributed by atoms with Crippen LogP contribution in [0.5, 0.6) is 0 Å². The lowest BCUT2D eigenvalue weighted by molar-refractivity contribution is -0.135. The Balaban J connectivity index is 2.70. The van der Waals surface area contributed by atoms with E-state index in [1.165, 1.54) is 7.05 Å². The van der Waals surface area contributed by atoms with Crippen LogP contribution >= 0.6 is 0 Å². The second-order valence-corrected chi connectivity index (χ2v) is 7.12. The first-order valence-corrected chi connectivity index (χ1v) is 8.04. The van der Waals surface area contributed by atoms with Crippen LogP contribution in [0.1, 0.15) is 26.2 Å². The normalized spacial score (nSPS) is 23.2. The van der Waals surface area contributed by atoms with Crippen LogP contribution in [0.25, 0.3) is 0 Å². The standard InChI is InChI=1S/C11H23N3O3S/c1-9(12)10-6-4-5-7-14(10)11(15)8-13(2)18(3,16)17/h9-10H,4-8,12H2,1-3H3. The van der Waals surface area contributed by atoms with Crippen molar-refractivity contribution in [3.05, 3.63) is 0 Å². The molecule has 1 aliphatic heterocycles. The van der Waals surface area contributed by atoms with Crippen LogP contribution in [0, 0.1) is 0 Å². The minimum atomic E-state index is -3.32. The molecule has 1 saturated heterocycles. The van der Waals surface area contributed by atoms with E-state index in [9.17, 15) is 13.2 Å². The summed E-state index contributed by atoms with van der Waals surface area (Å²) < 4.78 is 23.7. The molecule has 0 saturated carbocycles. The zero-order valence-electron chi connectivity index (χ0n) is 11.3. The predicted molar refractivity (Wildman–Crippen MR) is 70.5 cm³/mol. The fourth-order valence-electron chi connectivity index (χ4n) is 2.21. The maximum Gasteiger partial charge on any atom is 0.238 e. The average molecular weight is 277 g/mol. The topological polar surface area (TPSA) is 83.7 Å². The van der Waals surface area contributed by atoms with Crippen LogP contribution in [-0.4, -0.2) is 62.0 Å². The van der Waals surface area contributed by atoms with Crippen molar-refractivity contribution < 1.29 is 13.2 Å². The van der Waals surface area contributed by atoms with Crippen molar-refractivity contribution in [1.29, 1.82) is 0 Å². The molecule has 7 heteroatoms. The largest absolute Gasteiger partial charge is 0.337 e. The van der Waals surface area contributed by atoms with Crippen molar-refractivity contribution in [3.8, 4) is 0 Å². The third-order valence-electron chi connectivity index (χ3n) is 3.40. The molecule has 18 heavy (non-hydrogen) atoms. The zero-order valence-corrected chi connectivity index (χ0v) is 12.1. The van der Waals surface area contributed by atoms with Gasteiger partial charge in [0.15, 0.2) is 0 Å². The highest BCUT2D eigenvalue weighted by molar-refractivity contribution is 7.88. The minimum absolute atomic E-state index is 0.0270. The van der Waals surface area contributed by atoms with Gasteiger partial charge in [-0.1, -0.05) is 0 Å². The fourth-order valence-corrected chi connectivity index (χ4v) is 2.56. The van der Waals surface area contributed by atoms with Crippen molar-refractivity contribution in [2.24, 2.45) is 5.73 Å². The molecule has 0 spiro atoms. The number of nitrogens with zero attached hydrogens (tertiary/aromatic N) is 2. The Morgan fingerprint density at radius 3 is 2.61 bits per heavy atom. The Morgan fingerprint density at radius 1 is 1.50 bits per heavy atom. The summed E-state index contributed by atoms with van der Waals surface area (Å²) in [5, 5.41) is 0. The maximum atomic E-state index is 12.1. The molecule has 6 nitrogen and oxygen atoms in total. The first kappa shape index (κ1) is 15.4. The lowest BCUT2D eigenvalue weighted by Gasteiger charge is -2.38. The lowest BCUT2D eigenvalue weighted by Crippen LogP contribution is -2.54. The van der Waals surface area contributed by atoms with Crippen LogP contribution < -0.4 is 5.73 Å². The molecular formula is C11H23N3O3S. The lowest BCUT2D eigenvalue weighted by atomic mass is 9.97. The Hall–Kier alpha value is -0.660. The first-order chi connectivity index (χ1) is 8.23. The summed E-state index contributed by atoms with van der Waals surface area (Å²) in [5.74, 6) is -0.162. The quantitative estimate of drug-likeness (QED) is 0.758. The number of carbonyl (C=O) groups is 1. The number of likely N-dealkylation sites (tertiary alicyclic amines) is 1. The smallest absolute Gasteiger partial charge is 0.238 e. The molecule has 1 heterocycles. The number of rotatable bonds is 4. The Labute approximate surface area is 109 Å². The van der Waals surface area contributed by atoms with E-state index in [0.29, 0.717) is 6.54 Å². The zero-order chi connectivity index (χ0) is 13.9. The molecule has 0 aliphatic carbocycles. The monoisotopic (exact) mass is 277 g/mol. The Bertz CT molecular complexity index is 394. The van der Waals surface area contributed by atoms with Gasteiger partial charge in [-0.2, -0.15) is 4.31 Å². The highest BCUT2D eigenvalue weighted by Crippen LogP contribution is 2.19. The molecular weight excluding hydrogens is 254 g/mol. The van der Waals surface area contributed by atoms with E-state index in [1.54, 1.807) is 4.90 Å². The SMILES string of the molecule is CC(N)C1CCCCN1C(=O)CN(C)S(C)(=O)=O. The van der Waals surface area contributed by atoms with Crippen LogP contribution in [0.2, 0.25) is 0 Å². The van der Waals surface area contributed by atoms with E-state index in [1.807, 2.05) is 6.92 Å². The summed E-state index contributed by atoms with van der Waals surface area (Å²) in [4.78, 5) is 13.9. The second kappa shape index (κ2) is 5.99. The molecule has 2 unspecified atom stereocenters. The van der Waals surface area contributed by atoms with E-state index in [4.69, 9.17) is 5.73 Å². The highest BCUT2D eigenvalue weighted by Gasteiger charge is 2.30. The van der Waals surface area contributed by atoms with Gasteiger partial charge >= 0.3 is 0 Å². The molecule has 1 rings (SSSR count). The molecule has 106 valence electrons. The number of likely N-dealkylation sites (N-methyl/N-ethyl adjacent to an activating group) is 1. The molecule has 1 amide bonds. The number of piperidine rings is 1. The van der Waals surface area contributed by atoms with Gasteiger partial charge in [-0.15, -0.1) is 0 Å². The number of nitrogens with two attached hydrogens (primary N) is 1. The number of hydrogen-bond acceptors (Lipinski definition) is 4. The molecule has 0 aromatic carbocycles. The summed E-state index contributed by atoms with van der Waals surface area (Å²) >= 11 is 0. The molecule has 0 aromatic rings. The van der Waals surface area contributed by atoms with Gasteiger partial charge in [-0.3, -0.25) is 4.79 Å². The van der Waals surface area contributed by atoms with Crippen molar-refractivity contribution in [2.45, 2.75) is 38.3 Å². The highest BCUT2D eigenvalue weighted by atomic mass is 32.2. The molecule has 1 fully saturated rings. The predicted octanol–water partition coefficient (Wildman–Crippen LogP) is -0.394. The fraction of sp³-hybridized carbons (Fsp3) is 0.909. The Kier molecular flexibility index (Phi) is 5.12. The molecule has 0 bridgehead atoms. The van der Waals surface area contributed by atoms with Gasteiger partial charge in [0.25, 0.3) is 0 Å². The number of sulfonamides is 1. The second-order valence-electron chi connectivity index (χ2n) is 5.03. The number of carbonyl (C=O) groups excluding carboxylic acids is 1. The molecule has 1 aliphatic rings. The van der Waals surface area contributed by atoms with Crippen molar-refractivity contribution in [2.75, 3.05) is 26.4 Å². The summed E-state index contributed by atoms with van der Waals surface area (Å²) in [6, 6.07) is -0.0583. The van der Waals surface area contributed by atoms with Gasteiger partial charge in [-0.05, 0) is 26.2 Å². The minimum Gasteiger partial charge on any atom is -0.337 e. The van der Waals surface area contributed by atoms with E-state index in [2.05, 4.69) is 0 Å². The van der Waals surface area contributed by atoms with Gasteiger partial charge in [0, 0.05) is 25.7 Å². The first-order valence-electron chi connectivity index (χ1n) is 6.20. The van der Waals surface area contributed by atoms with Gasteiger partial charge < -0.3 is 10.6 Å².